The molecule has 1 aliphatic heterocycles. The molecule has 7 heteroatoms. The van der Waals surface area contributed by atoms with E-state index in [1.165, 1.54) is 30.8 Å². The van der Waals surface area contributed by atoms with Crippen LogP contribution in [0.1, 0.15) is 40.6 Å². The summed E-state index contributed by atoms with van der Waals surface area (Å²) in [7, 11) is 0. The van der Waals surface area contributed by atoms with Crippen LogP contribution in [0.25, 0.3) is 10.1 Å². The van der Waals surface area contributed by atoms with E-state index >= 15 is 0 Å². The van der Waals surface area contributed by atoms with Gasteiger partial charge in [0.1, 0.15) is 22.1 Å². The summed E-state index contributed by atoms with van der Waals surface area (Å²) in [5, 5.41) is 11.3. The molecule has 2 heterocycles. The molecule has 37 heavy (non-hydrogen) atoms. The Balaban J connectivity index is 1.30. The lowest BCUT2D eigenvalue weighted by atomic mass is 9.97. The van der Waals surface area contributed by atoms with Gasteiger partial charge in [0.25, 0.3) is 0 Å². The summed E-state index contributed by atoms with van der Waals surface area (Å²) in [5.74, 6) is 2.74. The zero-order chi connectivity index (χ0) is 25.9. The van der Waals surface area contributed by atoms with Gasteiger partial charge in [-0.05, 0) is 85.5 Å². The number of phenolic OH excluding ortho intramolecular Hbond substituents is 1. The lowest BCUT2D eigenvalue weighted by Gasteiger charge is -2.38. The Hall–Kier alpha value is -3.06. The average molecular weight is 536 g/mol. The first-order valence-electron chi connectivity index (χ1n) is 12.6. The first kappa shape index (κ1) is 25.6. The van der Waals surface area contributed by atoms with Crippen molar-refractivity contribution in [2.75, 3.05) is 26.2 Å². The maximum Gasteiger partial charge on any atom is 0.207 e. The van der Waals surface area contributed by atoms with Crippen LogP contribution in [0.3, 0.4) is 0 Å². The van der Waals surface area contributed by atoms with E-state index in [1.807, 2.05) is 31.2 Å². The number of carbonyl (C=O) groups excluding carboxylic acids is 1. The highest BCUT2D eigenvalue weighted by molar-refractivity contribution is 7.21. The molecular formula is C30H30ClNO4S. The molecule has 5 nitrogen and oxygen atoms in total. The number of ketones is 1. The molecule has 3 aromatic carbocycles. The van der Waals surface area contributed by atoms with Gasteiger partial charge in [0.05, 0.1) is 6.61 Å². The van der Waals surface area contributed by atoms with Crippen molar-refractivity contribution >= 4 is 38.8 Å². The van der Waals surface area contributed by atoms with Gasteiger partial charge in [0.15, 0.2) is 5.75 Å². The van der Waals surface area contributed by atoms with Gasteiger partial charge < -0.3 is 19.5 Å². The zero-order valence-corrected chi connectivity index (χ0v) is 22.6. The minimum Gasteiger partial charge on any atom is -0.508 e. The number of ether oxygens (including phenoxy) is 2. The molecule has 1 saturated heterocycles. The number of likely N-dealkylation sites (tertiary alicyclic amines) is 1. The Morgan fingerprint density at radius 1 is 1.08 bits per heavy atom. The average Bonchev–Trinajstić information content (AvgIpc) is 3.20. The number of carbonyl (C=O) groups is 1. The van der Waals surface area contributed by atoms with Crippen LogP contribution >= 0.6 is 22.9 Å². The molecule has 1 aromatic heterocycles. The summed E-state index contributed by atoms with van der Waals surface area (Å²) in [6.07, 6.45) is 2.26. The van der Waals surface area contributed by atoms with Crippen molar-refractivity contribution in [1.82, 2.24) is 4.90 Å². The van der Waals surface area contributed by atoms with E-state index in [0.717, 1.165) is 40.3 Å². The van der Waals surface area contributed by atoms with Crippen molar-refractivity contribution in [3.8, 4) is 23.0 Å². The molecule has 0 spiro atoms. The Morgan fingerprint density at radius 3 is 2.57 bits per heavy atom. The normalized spacial score (nSPS) is 14.0. The summed E-state index contributed by atoms with van der Waals surface area (Å²) in [6.45, 7) is 8.28. The minimum atomic E-state index is -0.141. The first-order valence-corrected chi connectivity index (χ1v) is 13.8. The lowest BCUT2D eigenvalue weighted by Crippen LogP contribution is -2.46. The van der Waals surface area contributed by atoms with E-state index < -0.39 is 0 Å². The van der Waals surface area contributed by atoms with E-state index in [2.05, 4.69) is 11.8 Å². The smallest absolute Gasteiger partial charge is 0.207 e. The van der Waals surface area contributed by atoms with Crippen molar-refractivity contribution < 1.29 is 19.4 Å². The molecule has 0 amide bonds. The highest BCUT2D eigenvalue weighted by Crippen LogP contribution is 2.43. The molecule has 0 saturated carbocycles. The largest absolute Gasteiger partial charge is 0.508 e. The van der Waals surface area contributed by atoms with E-state index in [1.54, 1.807) is 36.4 Å². The predicted molar refractivity (Wildman–Crippen MR) is 150 cm³/mol. The molecule has 1 aliphatic rings. The third kappa shape index (κ3) is 5.77. The van der Waals surface area contributed by atoms with Crippen LogP contribution in [0.2, 0.25) is 5.02 Å². The van der Waals surface area contributed by atoms with Gasteiger partial charge >= 0.3 is 0 Å². The monoisotopic (exact) mass is 535 g/mol. The van der Waals surface area contributed by atoms with Gasteiger partial charge in [-0.3, -0.25) is 4.79 Å². The molecule has 0 bridgehead atoms. The van der Waals surface area contributed by atoms with E-state index in [0.29, 0.717) is 33.6 Å². The molecule has 0 atom stereocenters. The Bertz CT molecular complexity index is 1410. The summed E-state index contributed by atoms with van der Waals surface area (Å²) in [4.78, 5) is 16.5. The second-order valence-corrected chi connectivity index (χ2v) is 11.0. The Morgan fingerprint density at radius 2 is 1.84 bits per heavy atom. The fourth-order valence-electron chi connectivity index (χ4n) is 4.63. The van der Waals surface area contributed by atoms with Crippen LogP contribution in [0.15, 0.2) is 60.7 Å². The fraction of sp³-hybridized carbons (Fsp3) is 0.300. The molecule has 0 aliphatic carbocycles. The summed E-state index contributed by atoms with van der Waals surface area (Å²) >= 11 is 7.40. The molecule has 1 N–H and O–H groups in total. The summed E-state index contributed by atoms with van der Waals surface area (Å²) in [6, 6.07) is 17.7. The summed E-state index contributed by atoms with van der Waals surface area (Å²) in [5.41, 5.74) is 1.36. The predicted octanol–water partition coefficient (Wildman–Crippen LogP) is 7.70. The molecule has 4 aromatic rings. The van der Waals surface area contributed by atoms with Crippen molar-refractivity contribution in [3.05, 3.63) is 81.7 Å². The number of hydrogen-bond donors (Lipinski definition) is 1. The number of halogens is 1. The number of thiophene rings is 1. The fourth-order valence-corrected chi connectivity index (χ4v) is 5.98. The maximum absolute atomic E-state index is 13.6. The second-order valence-electron chi connectivity index (χ2n) is 9.54. The summed E-state index contributed by atoms with van der Waals surface area (Å²) < 4.78 is 13.0. The third-order valence-electron chi connectivity index (χ3n) is 6.81. The number of hydrogen-bond acceptors (Lipinski definition) is 6. The first-order chi connectivity index (χ1) is 17.9. The van der Waals surface area contributed by atoms with Crippen molar-refractivity contribution in [1.29, 1.82) is 0 Å². The molecule has 192 valence electrons. The zero-order valence-electron chi connectivity index (χ0n) is 21.0. The van der Waals surface area contributed by atoms with E-state index in [9.17, 15) is 9.90 Å². The van der Waals surface area contributed by atoms with Gasteiger partial charge in [-0.2, -0.15) is 0 Å². The highest BCUT2D eigenvalue weighted by atomic mass is 35.5. The molecular weight excluding hydrogens is 506 g/mol. The van der Waals surface area contributed by atoms with Crippen LogP contribution in [0.4, 0.5) is 0 Å². The topological polar surface area (TPSA) is 59.0 Å². The number of nitrogens with zero attached hydrogens (tertiary/aromatic N) is 1. The molecule has 0 radical (unpaired) electrons. The Labute approximate surface area is 226 Å². The molecule has 0 unspecified atom stereocenters. The SMILES string of the molecule is CCC1CN(CCCOc2ccc(Oc3c(C(=O)c4ccc(Cl)cc4C)sc4cc(O)ccc34)cc2)C1. The number of benzene rings is 3. The minimum absolute atomic E-state index is 0.141. The van der Waals surface area contributed by atoms with Crippen LogP contribution in [0.5, 0.6) is 23.0 Å². The number of aromatic hydroxyl groups is 1. The van der Waals surface area contributed by atoms with Gasteiger partial charge in [0, 0.05) is 40.3 Å². The van der Waals surface area contributed by atoms with Crippen LogP contribution in [0, 0.1) is 12.8 Å². The van der Waals surface area contributed by atoms with Crippen molar-refractivity contribution in [2.45, 2.75) is 26.7 Å². The number of rotatable bonds is 10. The van der Waals surface area contributed by atoms with Crippen molar-refractivity contribution in [2.24, 2.45) is 5.92 Å². The molecule has 5 rings (SSSR count). The van der Waals surface area contributed by atoms with Crippen molar-refractivity contribution in [3.63, 3.8) is 0 Å². The van der Waals surface area contributed by atoms with Crippen LogP contribution in [-0.2, 0) is 0 Å². The lowest BCUT2D eigenvalue weighted by molar-refractivity contribution is 0.0909. The van der Waals surface area contributed by atoms with E-state index in [-0.39, 0.29) is 11.5 Å². The quantitative estimate of drug-likeness (QED) is 0.166. The van der Waals surface area contributed by atoms with Gasteiger partial charge in [-0.25, -0.2) is 0 Å². The van der Waals surface area contributed by atoms with E-state index in [4.69, 9.17) is 21.1 Å². The van der Waals surface area contributed by atoms with Gasteiger partial charge in [-0.15, -0.1) is 11.3 Å². The standard InChI is InChI=1S/C30H30ClNO4S/c1-3-20-17-32(18-20)13-4-14-35-23-7-9-24(10-8-23)36-29-26-12-6-22(33)16-27(26)37-30(29)28(34)25-11-5-21(31)15-19(25)2/h5-12,15-16,20,33H,3-4,13-14,17-18H2,1-2H3. The highest BCUT2D eigenvalue weighted by Gasteiger charge is 2.25. The Kier molecular flexibility index (Phi) is 7.70. The second kappa shape index (κ2) is 11.1. The van der Waals surface area contributed by atoms with Crippen LogP contribution in [-0.4, -0.2) is 42.0 Å². The maximum atomic E-state index is 13.6. The molecule has 1 fully saturated rings. The third-order valence-corrected chi connectivity index (χ3v) is 8.18. The number of phenols is 1. The van der Waals surface area contributed by atoms with Gasteiger partial charge in [0.2, 0.25) is 5.78 Å². The van der Waals surface area contributed by atoms with Gasteiger partial charge in [-0.1, -0.05) is 24.9 Å². The van der Waals surface area contributed by atoms with Crippen LogP contribution < -0.4 is 9.47 Å². The number of aryl methyl sites for hydroxylation is 1. The number of fused-ring (bicyclic) bond motifs is 1.